The van der Waals surface area contributed by atoms with E-state index in [0.717, 1.165) is 12.0 Å². The van der Waals surface area contributed by atoms with Gasteiger partial charge in [0.15, 0.2) is 0 Å². The summed E-state index contributed by atoms with van der Waals surface area (Å²) in [6.07, 6.45) is 5.11. The van der Waals surface area contributed by atoms with Gasteiger partial charge in [-0.15, -0.1) is 3.71 Å². The van der Waals surface area contributed by atoms with Crippen molar-refractivity contribution in [2.45, 2.75) is 29.0 Å². The Labute approximate surface area is 181 Å². The second-order valence-electron chi connectivity index (χ2n) is 8.25. The summed E-state index contributed by atoms with van der Waals surface area (Å²) in [7, 11) is -3.63. The maximum Gasteiger partial charge on any atom is 0.252 e. The molecule has 3 aromatic carbocycles. The number of rotatable bonds is 2. The van der Waals surface area contributed by atoms with Crippen LogP contribution in [0.15, 0.2) is 89.8 Å². The predicted octanol–water partition coefficient (Wildman–Crippen LogP) is 5.52. The number of fused-ring (bicyclic) bond motifs is 7. The summed E-state index contributed by atoms with van der Waals surface area (Å²) in [5.41, 5.74) is 5.96. The summed E-state index contributed by atoms with van der Waals surface area (Å²) in [5, 5.41) is 0. The molecule has 0 bridgehead atoms. The first-order valence-electron chi connectivity index (χ1n) is 10.2. The van der Waals surface area contributed by atoms with Crippen LogP contribution in [0.4, 0.5) is 0 Å². The normalized spacial score (nSPS) is 23.5. The molecule has 0 aromatic heterocycles. The van der Waals surface area contributed by atoms with Crippen LogP contribution in [-0.2, 0) is 14.8 Å². The van der Waals surface area contributed by atoms with Gasteiger partial charge in [-0.1, -0.05) is 78.4 Å². The van der Waals surface area contributed by atoms with E-state index in [2.05, 4.69) is 60.7 Å². The van der Waals surface area contributed by atoms with E-state index in [1.54, 1.807) is 15.8 Å². The molecule has 1 saturated heterocycles. The van der Waals surface area contributed by atoms with Crippen molar-refractivity contribution < 1.29 is 8.42 Å². The first kappa shape index (κ1) is 18.4. The second kappa shape index (κ2) is 6.33. The molecule has 3 aromatic rings. The molecule has 5 heteroatoms. The second-order valence-corrected chi connectivity index (χ2v) is 11.5. The van der Waals surface area contributed by atoms with Crippen molar-refractivity contribution in [2.24, 2.45) is 5.92 Å². The highest BCUT2D eigenvalue weighted by atomic mass is 32.3. The van der Waals surface area contributed by atoms with Gasteiger partial charge in [0.25, 0.3) is 10.0 Å². The van der Waals surface area contributed by atoms with Crippen LogP contribution in [0, 0.1) is 12.8 Å². The molecule has 1 fully saturated rings. The van der Waals surface area contributed by atoms with Crippen LogP contribution in [-0.4, -0.2) is 18.2 Å². The Bertz CT molecular complexity index is 1250. The van der Waals surface area contributed by atoms with E-state index in [1.165, 1.54) is 34.2 Å². The monoisotopic (exact) mass is 431 g/mol. The molecule has 2 aliphatic carbocycles. The molecular formula is C25H21NO2S2. The van der Waals surface area contributed by atoms with Crippen LogP contribution in [0.3, 0.4) is 0 Å². The number of benzene rings is 3. The van der Waals surface area contributed by atoms with Crippen molar-refractivity contribution in [3.63, 3.8) is 0 Å². The van der Waals surface area contributed by atoms with Gasteiger partial charge >= 0.3 is 0 Å². The van der Waals surface area contributed by atoms with Crippen LogP contribution >= 0.6 is 11.9 Å². The fraction of sp³-hybridized carbons (Fsp3) is 0.200. The maximum atomic E-state index is 13.7. The van der Waals surface area contributed by atoms with Crippen molar-refractivity contribution in [3.05, 3.63) is 102 Å². The SMILES string of the molecule is Cc1ccc(S(=O)(=O)N2SC3(c4ccccc4-c4ccccc43)C3CC=CC32)cc1. The zero-order valence-electron chi connectivity index (χ0n) is 16.5. The summed E-state index contributed by atoms with van der Waals surface area (Å²) in [6, 6.07) is 24.0. The lowest BCUT2D eigenvalue weighted by atomic mass is 9.80. The van der Waals surface area contributed by atoms with Crippen LogP contribution in [0.2, 0.25) is 0 Å². The molecule has 30 heavy (non-hydrogen) atoms. The minimum Gasteiger partial charge on any atom is -0.206 e. The average molecular weight is 432 g/mol. The molecule has 2 atom stereocenters. The van der Waals surface area contributed by atoms with Gasteiger partial charge in [0.05, 0.1) is 15.7 Å². The molecule has 6 rings (SSSR count). The van der Waals surface area contributed by atoms with Crippen molar-refractivity contribution in [3.8, 4) is 11.1 Å². The summed E-state index contributed by atoms with van der Waals surface area (Å²) in [6.45, 7) is 1.97. The Balaban J connectivity index is 1.56. The van der Waals surface area contributed by atoms with Crippen molar-refractivity contribution >= 4 is 22.0 Å². The van der Waals surface area contributed by atoms with Gasteiger partial charge in [-0.25, -0.2) is 8.42 Å². The summed E-state index contributed by atoms with van der Waals surface area (Å²) < 4.78 is 28.7. The molecule has 0 radical (unpaired) electrons. The topological polar surface area (TPSA) is 37.4 Å². The molecule has 1 aliphatic heterocycles. The van der Waals surface area contributed by atoms with E-state index < -0.39 is 10.0 Å². The number of sulfonamides is 1. The number of allylic oxidation sites excluding steroid dienone is 1. The molecule has 2 unspecified atom stereocenters. The Morgan fingerprint density at radius 3 is 2.13 bits per heavy atom. The lowest BCUT2D eigenvalue weighted by molar-refractivity contribution is 0.391. The number of aryl methyl sites for hydroxylation is 1. The van der Waals surface area contributed by atoms with E-state index >= 15 is 0 Å². The van der Waals surface area contributed by atoms with Crippen molar-refractivity contribution in [1.29, 1.82) is 0 Å². The van der Waals surface area contributed by atoms with Crippen LogP contribution in [0.25, 0.3) is 11.1 Å². The third-order valence-corrected chi connectivity index (χ3v) is 10.5. The lowest BCUT2D eigenvalue weighted by Crippen LogP contribution is -2.33. The largest absolute Gasteiger partial charge is 0.252 e. The fourth-order valence-electron chi connectivity index (χ4n) is 5.28. The number of hydrogen-bond donors (Lipinski definition) is 0. The number of hydrogen-bond acceptors (Lipinski definition) is 3. The molecule has 150 valence electrons. The zero-order chi connectivity index (χ0) is 20.5. The van der Waals surface area contributed by atoms with Gasteiger partial charge in [-0.2, -0.15) is 0 Å². The van der Waals surface area contributed by atoms with E-state index in [0.29, 0.717) is 4.90 Å². The van der Waals surface area contributed by atoms with Crippen molar-refractivity contribution in [2.75, 3.05) is 0 Å². The minimum atomic E-state index is -3.63. The van der Waals surface area contributed by atoms with Crippen LogP contribution < -0.4 is 0 Å². The summed E-state index contributed by atoms with van der Waals surface area (Å²) >= 11 is 1.50. The minimum absolute atomic E-state index is 0.152. The maximum absolute atomic E-state index is 13.7. The Morgan fingerprint density at radius 1 is 0.900 bits per heavy atom. The van der Waals surface area contributed by atoms with Gasteiger partial charge < -0.3 is 0 Å². The average Bonchev–Trinajstić information content (AvgIpc) is 3.43. The van der Waals surface area contributed by atoms with Crippen molar-refractivity contribution in [1.82, 2.24) is 3.71 Å². The van der Waals surface area contributed by atoms with E-state index in [9.17, 15) is 8.42 Å². The molecule has 0 saturated carbocycles. The Hall–Kier alpha value is -2.34. The van der Waals surface area contributed by atoms with Gasteiger partial charge in [0.2, 0.25) is 0 Å². The lowest BCUT2D eigenvalue weighted by Gasteiger charge is -2.31. The Kier molecular flexibility index (Phi) is 3.89. The quantitative estimate of drug-likeness (QED) is 0.396. The summed E-state index contributed by atoms with van der Waals surface area (Å²) in [4.78, 5) is 0.358. The Morgan fingerprint density at radius 2 is 1.50 bits per heavy atom. The number of nitrogens with zero attached hydrogens (tertiary/aromatic N) is 1. The highest BCUT2D eigenvalue weighted by Crippen LogP contribution is 2.67. The molecule has 1 heterocycles. The molecule has 3 nitrogen and oxygen atoms in total. The first-order valence-corrected chi connectivity index (χ1v) is 12.4. The molecule has 1 spiro atoms. The smallest absolute Gasteiger partial charge is 0.206 e. The van der Waals surface area contributed by atoms with E-state index in [-0.39, 0.29) is 16.7 Å². The van der Waals surface area contributed by atoms with Gasteiger partial charge in [0, 0.05) is 5.92 Å². The third kappa shape index (κ3) is 2.28. The molecule has 0 N–H and O–H groups in total. The summed E-state index contributed by atoms with van der Waals surface area (Å²) in [5.74, 6) is 0.174. The first-order chi connectivity index (χ1) is 14.5. The molecule has 3 aliphatic rings. The molecular weight excluding hydrogens is 410 g/mol. The van der Waals surface area contributed by atoms with Gasteiger partial charge in [-0.3, -0.25) is 0 Å². The fourth-order valence-corrected chi connectivity index (χ4v) is 9.06. The van der Waals surface area contributed by atoms with Gasteiger partial charge in [0.1, 0.15) is 0 Å². The standard InChI is InChI=1S/C25H21NO2S2/c1-17-13-15-18(16-14-17)30(27,28)26-24-12-6-11-23(24)25(29-26)21-9-4-2-7-19(21)20-8-3-5-10-22(20)25/h2-10,12-16,23-24H,11H2,1H3. The van der Waals surface area contributed by atoms with Crippen LogP contribution in [0.5, 0.6) is 0 Å². The van der Waals surface area contributed by atoms with Crippen LogP contribution in [0.1, 0.15) is 23.1 Å². The zero-order valence-corrected chi connectivity index (χ0v) is 18.2. The predicted molar refractivity (Wildman–Crippen MR) is 121 cm³/mol. The highest BCUT2D eigenvalue weighted by molar-refractivity contribution is 8.09. The van der Waals surface area contributed by atoms with Gasteiger partial charge in [-0.05, 0) is 59.7 Å². The third-order valence-electron chi connectivity index (χ3n) is 6.64. The highest BCUT2D eigenvalue weighted by Gasteiger charge is 2.62. The van der Waals surface area contributed by atoms with E-state index in [1.807, 2.05) is 19.1 Å². The molecule has 0 amide bonds. The van der Waals surface area contributed by atoms with E-state index in [4.69, 9.17) is 0 Å².